The average Bonchev–Trinajstić information content (AvgIpc) is 2.67. The predicted octanol–water partition coefficient (Wildman–Crippen LogP) is 4.66. The van der Waals surface area contributed by atoms with E-state index in [4.69, 9.17) is 0 Å². The van der Waals surface area contributed by atoms with Crippen molar-refractivity contribution >= 4 is 58.9 Å². The molecule has 20 heavy (non-hydrogen) atoms. The summed E-state index contributed by atoms with van der Waals surface area (Å²) < 4.78 is 53.7. The van der Waals surface area contributed by atoms with E-state index in [9.17, 15) is 17.2 Å². The van der Waals surface area contributed by atoms with Gasteiger partial charge in [0, 0.05) is 6.07 Å². The van der Waals surface area contributed by atoms with Gasteiger partial charge in [-0.1, -0.05) is 0 Å². The number of nitrogens with one attached hydrogen (secondary N) is 1. The number of anilines is 1. The third-order valence-electron chi connectivity index (χ3n) is 2.35. The highest BCUT2D eigenvalue weighted by Gasteiger charge is 2.20. The third-order valence-corrected chi connectivity index (χ3v) is 6.94. The van der Waals surface area contributed by atoms with Gasteiger partial charge in [-0.2, -0.15) is 0 Å². The summed E-state index contributed by atoms with van der Waals surface area (Å²) in [5, 5.41) is 0. The molecule has 0 radical (unpaired) electrons. The van der Waals surface area contributed by atoms with Gasteiger partial charge in [0.2, 0.25) is 0 Å². The maximum atomic E-state index is 13.6. The zero-order chi connectivity index (χ0) is 15.1. The minimum Gasteiger partial charge on any atom is -0.276 e. The van der Waals surface area contributed by atoms with Crippen molar-refractivity contribution in [2.45, 2.75) is 11.1 Å². The summed E-state index contributed by atoms with van der Waals surface area (Å²) in [5.74, 6) is -1.79. The zero-order valence-electron chi connectivity index (χ0n) is 9.88. The second kappa shape index (κ2) is 5.70. The lowest BCUT2D eigenvalue weighted by atomic mass is 10.3. The topological polar surface area (TPSA) is 46.2 Å². The van der Waals surface area contributed by atoms with Crippen LogP contribution in [0, 0.1) is 18.6 Å². The summed E-state index contributed by atoms with van der Waals surface area (Å²) in [6.07, 6.45) is 0. The number of thiophene rings is 1. The Balaban J connectivity index is 2.40. The normalized spacial score (nSPS) is 11.7. The molecule has 2 rings (SSSR count). The van der Waals surface area contributed by atoms with Crippen molar-refractivity contribution in [3.8, 4) is 0 Å². The Kier molecular flexibility index (Phi) is 4.53. The number of sulfonamides is 1. The van der Waals surface area contributed by atoms with Gasteiger partial charge in [-0.05, 0) is 56.5 Å². The minimum atomic E-state index is -3.91. The maximum absolute atomic E-state index is 13.6. The van der Waals surface area contributed by atoms with E-state index in [-0.39, 0.29) is 14.4 Å². The first-order valence-corrected chi connectivity index (χ1v) is 9.02. The van der Waals surface area contributed by atoms with Crippen molar-refractivity contribution in [3.63, 3.8) is 0 Å². The lowest BCUT2D eigenvalue weighted by Crippen LogP contribution is -2.12. The smallest absolute Gasteiger partial charge is 0.271 e. The highest BCUT2D eigenvalue weighted by molar-refractivity contribution is 9.11. The van der Waals surface area contributed by atoms with Crippen LogP contribution in [0.1, 0.15) is 5.56 Å². The van der Waals surface area contributed by atoms with Gasteiger partial charge in [-0.3, -0.25) is 4.72 Å². The Labute approximate surface area is 135 Å². The van der Waals surface area contributed by atoms with Crippen LogP contribution >= 0.6 is 43.2 Å². The maximum Gasteiger partial charge on any atom is 0.271 e. The molecule has 0 atom stereocenters. The first kappa shape index (κ1) is 15.9. The summed E-state index contributed by atoms with van der Waals surface area (Å²) in [5.41, 5.74) is 0.441. The van der Waals surface area contributed by atoms with Crippen molar-refractivity contribution in [1.82, 2.24) is 0 Å². The van der Waals surface area contributed by atoms with Crippen LogP contribution in [0.4, 0.5) is 14.5 Å². The second-order valence-corrected chi connectivity index (χ2v) is 9.01. The number of hydrogen-bond acceptors (Lipinski definition) is 3. The molecule has 1 aromatic carbocycles. The second-order valence-electron chi connectivity index (χ2n) is 3.87. The first-order chi connectivity index (χ1) is 9.20. The summed E-state index contributed by atoms with van der Waals surface area (Å²) in [7, 11) is -3.91. The molecule has 0 aliphatic heterocycles. The lowest BCUT2D eigenvalue weighted by Gasteiger charge is -2.08. The van der Waals surface area contributed by atoms with Crippen LogP contribution in [0.5, 0.6) is 0 Å². The van der Waals surface area contributed by atoms with Gasteiger partial charge in [-0.25, -0.2) is 17.2 Å². The molecule has 0 aliphatic rings. The van der Waals surface area contributed by atoms with E-state index in [1.54, 1.807) is 6.92 Å². The largest absolute Gasteiger partial charge is 0.276 e. The quantitative estimate of drug-likeness (QED) is 0.697. The summed E-state index contributed by atoms with van der Waals surface area (Å²) >= 11 is 7.11. The van der Waals surface area contributed by atoms with Gasteiger partial charge in [0.05, 0.1) is 13.9 Å². The highest BCUT2D eigenvalue weighted by atomic mass is 79.9. The van der Waals surface area contributed by atoms with E-state index in [1.165, 1.54) is 6.07 Å². The average molecular weight is 447 g/mol. The molecule has 0 amide bonds. The van der Waals surface area contributed by atoms with E-state index >= 15 is 0 Å². The fourth-order valence-corrected chi connectivity index (χ4v) is 4.99. The molecule has 0 aliphatic carbocycles. The molecule has 1 N–H and O–H groups in total. The molecule has 3 nitrogen and oxygen atoms in total. The van der Waals surface area contributed by atoms with Crippen LogP contribution in [-0.4, -0.2) is 8.42 Å². The fourth-order valence-electron chi connectivity index (χ4n) is 1.36. The van der Waals surface area contributed by atoms with Crippen molar-refractivity contribution in [2.24, 2.45) is 0 Å². The van der Waals surface area contributed by atoms with Crippen molar-refractivity contribution in [3.05, 3.63) is 43.7 Å². The molecular weight excluding hydrogens is 440 g/mol. The molecule has 0 bridgehead atoms. The number of hydrogen-bond donors (Lipinski definition) is 1. The fraction of sp³-hybridized carbons (Fsp3) is 0.0909. The molecule has 1 heterocycles. The molecule has 0 spiro atoms. The monoisotopic (exact) mass is 445 g/mol. The van der Waals surface area contributed by atoms with Gasteiger partial charge in [-0.15, -0.1) is 11.3 Å². The lowest BCUT2D eigenvalue weighted by molar-refractivity contribution is 0.579. The van der Waals surface area contributed by atoms with Crippen LogP contribution in [-0.2, 0) is 10.0 Å². The van der Waals surface area contributed by atoms with Crippen LogP contribution in [0.3, 0.4) is 0 Å². The molecule has 0 unspecified atom stereocenters. The number of benzene rings is 1. The van der Waals surface area contributed by atoms with Crippen LogP contribution in [0.25, 0.3) is 0 Å². The highest BCUT2D eigenvalue weighted by Crippen LogP contribution is 2.32. The third kappa shape index (κ3) is 3.21. The molecular formula is C11H7Br2F2NO2S2. The van der Waals surface area contributed by atoms with Crippen LogP contribution in [0.15, 0.2) is 30.7 Å². The molecule has 1 aromatic heterocycles. The minimum absolute atomic E-state index is 0.0276. The zero-order valence-corrected chi connectivity index (χ0v) is 14.7. The Hall–Kier alpha value is -0.510. The molecule has 9 heteroatoms. The Morgan fingerprint density at radius 1 is 1.15 bits per heavy atom. The van der Waals surface area contributed by atoms with E-state index in [1.807, 2.05) is 0 Å². The number of rotatable bonds is 3. The van der Waals surface area contributed by atoms with Gasteiger partial charge in [0.25, 0.3) is 10.0 Å². The predicted molar refractivity (Wildman–Crippen MR) is 81.6 cm³/mol. The van der Waals surface area contributed by atoms with Crippen molar-refractivity contribution < 1.29 is 17.2 Å². The molecule has 2 aromatic rings. The summed E-state index contributed by atoms with van der Waals surface area (Å²) in [6.45, 7) is 1.74. The van der Waals surface area contributed by atoms with E-state index in [0.717, 1.165) is 23.0 Å². The SMILES string of the molecule is Cc1cc(S(=O)(=O)Nc2cc(Br)c(F)cc2F)sc1Br. The van der Waals surface area contributed by atoms with Gasteiger partial charge in [0.15, 0.2) is 0 Å². The molecule has 0 fully saturated rings. The Bertz CT molecular complexity index is 755. The molecule has 0 saturated carbocycles. The Morgan fingerprint density at radius 3 is 2.35 bits per heavy atom. The number of halogens is 4. The van der Waals surface area contributed by atoms with E-state index in [0.29, 0.717) is 9.85 Å². The van der Waals surface area contributed by atoms with Gasteiger partial charge in [0.1, 0.15) is 15.8 Å². The van der Waals surface area contributed by atoms with Crippen molar-refractivity contribution in [2.75, 3.05) is 4.72 Å². The van der Waals surface area contributed by atoms with Crippen LogP contribution in [0.2, 0.25) is 0 Å². The van der Waals surface area contributed by atoms with Gasteiger partial charge >= 0.3 is 0 Å². The van der Waals surface area contributed by atoms with Crippen molar-refractivity contribution in [1.29, 1.82) is 0 Å². The molecule has 0 saturated heterocycles. The van der Waals surface area contributed by atoms with Crippen LogP contribution < -0.4 is 4.72 Å². The first-order valence-electron chi connectivity index (χ1n) is 5.14. The van der Waals surface area contributed by atoms with E-state index in [2.05, 4.69) is 36.6 Å². The van der Waals surface area contributed by atoms with E-state index < -0.39 is 21.7 Å². The summed E-state index contributed by atoms with van der Waals surface area (Å²) in [6, 6.07) is 3.11. The summed E-state index contributed by atoms with van der Waals surface area (Å²) in [4.78, 5) is 0. The standard InChI is InChI=1S/C11H7Br2F2NO2S2/c1-5-2-10(19-11(5)13)20(17,18)16-9-3-6(12)7(14)4-8(9)15/h2-4,16H,1H3. The Morgan fingerprint density at radius 2 is 1.80 bits per heavy atom. The van der Waals surface area contributed by atoms with Gasteiger partial charge < -0.3 is 0 Å². The molecule has 108 valence electrons. The number of aryl methyl sites for hydroxylation is 1.